The van der Waals surface area contributed by atoms with Crippen LogP contribution in [0, 0.1) is 0 Å². The number of benzene rings is 1. The third-order valence-corrected chi connectivity index (χ3v) is 3.64. The third kappa shape index (κ3) is 3.47. The van der Waals surface area contributed by atoms with Crippen molar-refractivity contribution < 1.29 is 14.6 Å². The molecule has 1 aromatic rings. The first-order chi connectivity index (χ1) is 9.30. The van der Waals surface area contributed by atoms with Gasteiger partial charge in [0.2, 0.25) is 0 Å². The van der Waals surface area contributed by atoms with Crippen molar-refractivity contribution >= 4 is 0 Å². The standard InChI is InChI=1S/C15H23NO3/c1-18-14-7-5-13(6-8-14)15(11-19-12-15)16-9-3-2-4-10-17/h5-8,16-17H,2-4,9-12H2,1H3. The Labute approximate surface area is 114 Å². The molecule has 0 unspecified atom stereocenters. The molecule has 1 aliphatic rings. The second-order valence-electron chi connectivity index (χ2n) is 5.01. The van der Waals surface area contributed by atoms with Crippen LogP contribution in [-0.2, 0) is 10.3 Å². The SMILES string of the molecule is COc1ccc(C2(NCCCCCO)COC2)cc1. The number of hydrogen-bond donors (Lipinski definition) is 2. The minimum atomic E-state index is -0.0362. The van der Waals surface area contributed by atoms with Gasteiger partial charge in [0.15, 0.2) is 0 Å². The first-order valence-corrected chi connectivity index (χ1v) is 6.89. The Balaban J connectivity index is 1.89. The van der Waals surface area contributed by atoms with Crippen molar-refractivity contribution in [3.8, 4) is 5.75 Å². The van der Waals surface area contributed by atoms with Crippen LogP contribution in [-0.4, -0.2) is 38.6 Å². The highest BCUT2D eigenvalue weighted by Gasteiger charge is 2.39. The van der Waals surface area contributed by atoms with Crippen molar-refractivity contribution in [2.24, 2.45) is 0 Å². The van der Waals surface area contributed by atoms with E-state index in [9.17, 15) is 0 Å². The molecule has 0 spiro atoms. The summed E-state index contributed by atoms with van der Waals surface area (Å²) in [6, 6.07) is 8.18. The molecule has 0 atom stereocenters. The van der Waals surface area contributed by atoms with Gasteiger partial charge in [-0.25, -0.2) is 0 Å². The normalized spacial score (nSPS) is 16.9. The summed E-state index contributed by atoms with van der Waals surface area (Å²) < 4.78 is 10.6. The molecule has 4 nitrogen and oxygen atoms in total. The number of unbranched alkanes of at least 4 members (excludes halogenated alkanes) is 2. The molecule has 1 aromatic carbocycles. The zero-order valence-corrected chi connectivity index (χ0v) is 11.5. The molecule has 0 aromatic heterocycles. The third-order valence-electron chi connectivity index (χ3n) is 3.64. The monoisotopic (exact) mass is 265 g/mol. The smallest absolute Gasteiger partial charge is 0.118 e. The number of hydrogen-bond acceptors (Lipinski definition) is 4. The van der Waals surface area contributed by atoms with Crippen molar-refractivity contribution in [1.82, 2.24) is 5.32 Å². The highest BCUT2D eigenvalue weighted by molar-refractivity contribution is 5.33. The average molecular weight is 265 g/mol. The number of rotatable bonds is 8. The van der Waals surface area contributed by atoms with E-state index in [1.807, 2.05) is 12.1 Å². The Bertz CT molecular complexity index is 373. The van der Waals surface area contributed by atoms with Gasteiger partial charge in [0, 0.05) is 6.61 Å². The molecule has 1 saturated heterocycles. The van der Waals surface area contributed by atoms with Crippen molar-refractivity contribution in [1.29, 1.82) is 0 Å². The van der Waals surface area contributed by atoms with E-state index in [1.165, 1.54) is 5.56 Å². The van der Waals surface area contributed by atoms with E-state index in [1.54, 1.807) is 7.11 Å². The number of aliphatic hydroxyl groups excluding tert-OH is 1. The molecule has 0 bridgehead atoms. The van der Waals surface area contributed by atoms with Crippen LogP contribution in [0.1, 0.15) is 24.8 Å². The number of nitrogens with one attached hydrogen (secondary N) is 1. The first kappa shape index (κ1) is 14.3. The number of methoxy groups -OCH3 is 1. The molecule has 0 amide bonds. The molecule has 106 valence electrons. The van der Waals surface area contributed by atoms with E-state index in [0.717, 1.165) is 44.8 Å². The summed E-state index contributed by atoms with van der Waals surface area (Å²) in [6.45, 7) is 2.68. The van der Waals surface area contributed by atoms with Crippen molar-refractivity contribution in [2.45, 2.75) is 24.8 Å². The molecule has 2 rings (SSSR count). The molecule has 1 fully saturated rings. The Morgan fingerprint density at radius 3 is 2.47 bits per heavy atom. The lowest BCUT2D eigenvalue weighted by atomic mass is 9.87. The van der Waals surface area contributed by atoms with Crippen molar-refractivity contribution in [2.75, 3.05) is 33.5 Å². The first-order valence-electron chi connectivity index (χ1n) is 6.89. The summed E-state index contributed by atoms with van der Waals surface area (Å²) in [5, 5.41) is 12.4. The second kappa shape index (κ2) is 6.89. The van der Waals surface area contributed by atoms with Gasteiger partial charge in [-0.15, -0.1) is 0 Å². The maximum atomic E-state index is 8.76. The van der Waals surface area contributed by atoms with Gasteiger partial charge in [0.25, 0.3) is 0 Å². The van der Waals surface area contributed by atoms with Crippen LogP contribution >= 0.6 is 0 Å². The largest absolute Gasteiger partial charge is 0.497 e. The van der Waals surface area contributed by atoms with Crippen LogP contribution in [0.15, 0.2) is 24.3 Å². The van der Waals surface area contributed by atoms with Gasteiger partial charge in [-0.3, -0.25) is 0 Å². The van der Waals surface area contributed by atoms with Gasteiger partial charge >= 0.3 is 0 Å². The van der Waals surface area contributed by atoms with Gasteiger partial charge < -0.3 is 19.9 Å². The fourth-order valence-electron chi connectivity index (χ4n) is 2.33. The van der Waals surface area contributed by atoms with Crippen LogP contribution in [0.4, 0.5) is 0 Å². The van der Waals surface area contributed by atoms with Gasteiger partial charge in [-0.2, -0.15) is 0 Å². The summed E-state index contributed by atoms with van der Waals surface area (Å²) in [5.41, 5.74) is 1.22. The highest BCUT2D eigenvalue weighted by atomic mass is 16.5. The van der Waals surface area contributed by atoms with Crippen LogP contribution in [0.2, 0.25) is 0 Å². The van der Waals surface area contributed by atoms with Crippen LogP contribution in [0.5, 0.6) is 5.75 Å². The summed E-state index contributed by atoms with van der Waals surface area (Å²) in [5.74, 6) is 0.877. The maximum Gasteiger partial charge on any atom is 0.118 e. The Morgan fingerprint density at radius 1 is 1.21 bits per heavy atom. The van der Waals surface area contributed by atoms with E-state index in [4.69, 9.17) is 14.6 Å². The molecule has 0 aliphatic carbocycles. The molecule has 0 saturated carbocycles. The minimum absolute atomic E-state index is 0.0362. The Hall–Kier alpha value is -1.10. The molecular formula is C15H23NO3. The molecule has 19 heavy (non-hydrogen) atoms. The summed E-state index contributed by atoms with van der Waals surface area (Å²) in [6.07, 6.45) is 3.02. The van der Waals surface area contributed by atoms with Gasteiger partial charge in [-0.05, 0) is 43.5 Å². The molecule has 2 N–H and O–H groups in total. The van der Waals surface area contributed by atoms with E-state index in [0.29, 0.717) is 0 Å². The number of ether oxygens (including phenoxy) is 2. The summed E-state index contributed by atoms with van der Waals surface area (Å²) in [4.78, 5) is 0. The fraction of sp³-hybridized carbons (Fsp3) is 0.600. The Kier molecular flexibility index (Phi) is 5.19. The maximum absolute atomic E-state index is 8.76. The lowest BCUT2D eigenvalue weighted by Crippen LogP contribution is -2.57. The van der Waals surface area contributed by atoms with E-state index in [2.05, 4.69) is 17.4 Å². The molecule has 1 aliphatic heterocycles. The number of aliphatic hydroxyl groups is 1. The highest BCUT2D eigenvalue weighted by Crippen LogP contribution is 2.30. The van der Waals surface area contributed by atoms with Gasteiger partial charge in [-0.1, -0.05) is 12.1 Å². The molecular weight excluding hydrogens is 242 g/mol. The fourth-order valence-corrected chi connectivity index (χ4v) is 2.33. The quantitative estimate of drug-likeness (QED) is 0.702. The van der Waals surface area contributed by atoms with Crippen LogP contribution in [0.3, 0.4) is 0 Å². The molecule has 0 radical (unpaired) electrons. The van der Waals surface area contributed by atoms with Crippen molar-refractivity contribution in [3.63, 3.8) is 0 Å². The van der Waals surface area contributed by atoms with E-state index < -0.39 is 0 Å². The predicted molar refractivity (Wildman–Crippen MR) is 74.4 cm³/mol. The summed E-state index contributed by atoms with van der Waals surface area (Å²) >= 11 is 0. The van der Waals surface area contributed by atoms with Crippen LogP contribution in [0.25, 0.3) is 0 Å². The van der Waals surface area contributed by atoms with Gasteiger partial charge in [0.05, 0.1) is 25.9 Å². The zero-order chi connectivity index (χ0) is 13.6. The van der Waals surface area contributed by atoms with Crippen molar-refractivity contribution in [3.05, 3.63) is 29.8 Å². The Morgan fingerprint density at radius 2 is 1.95 bits per heavy atom. The van der Waals surface area contributed by atoms with Crippen LogP contribution < -0.4 is 10.1 Å². The minimum Gasteiger partial charge on any atom is -0.497 e. The lowest BCUT2D eigenvalue weighted by molar-refractivity contribution is -0.0785. The topological polar surface area (TPSA) is 50.7 Å². The zero-order valence-electron chi connectivity index (χ0n) is 11.5. The van der Waals surface area contributed by atoms with E-state index in [-0.39, 0.29) is 12.1 Å². The average Bonchev–Trinajstić information content (AvgIpc) is 2.41. The summed E-state index contributed by atoms with van der Waals surface area (Å²) in [7, 11) is 1.68. The lowest BCUT2D eigenvalue weighted by Gasteiger charge is -2.43. The van der Waals surface area contributed by atoms with E-state index >= 15 is 0 Å². The predicted octanol–water partition coefficient (Wildman–Crippen LogP) is 1.67. The second-order valence-corrected chi connectivity index (χ2v) is 5.01. The van der Waals surface area contributed by atoms with Gasteiger partial charge in [0.1, 0.15) is 5.75 Å². The molecule has 4 heteroatoms. The molecule has 1 heterocycles.